The number of pyridine rings is 2. The summed E-state index contributed by atoms with van der Waals surface area (Å²) in [6, 6.07) is 21.9. The Balaban J connectivity index is 1.22. The van der Waals surface area contributed by atoms with Gasteiger partial charge in [-0.2, -0.15) is 0 Å². The third kappa shape index (κ3) is 4.81. The van der Waals surface area contributed by atoms with Crippen molar-refractivity contribution >= 4 is 11.5 Å². The van der Waals surface area contributed by atoms with Gasteiger partial charge in [0.05, 0.1) is 17.4 Å². The molecule has 0 saturated carbocycles. The normalized spacial score (nSPS) is 18.7. The molecule has 1 unspecified atom stereocenters. The van der Waals surface area contributed by atoms with Crippen LogP contribution in [0, 0.1) is 0 Å². The summed E-state index contributed by atoms with van der Waals surface area (Å²) in [5, 5.41) is 3.76. The van der Waals surface area contributed by atoms with Crippen molar-refractivity contribution in [2.75, 3.05) is 38.1 Å². The first-order chi connectivity index (χ1) is 17.2. The smallest absolute Gasteiger partial charge is 0.138 e. The lowest BCUT2D eigenvalue weighted by atomic mass is 9.91. The molecule has 1 atom stereocenters. The molecule has 1 aromatic carbocycles. The Bertz CT molecular complexity index is 1290. The predicted molar refractivity (Wildman–Crippen MR) is 141 cm³/mol. The highest BCUT2D eigenvalue weighted by Gasteiger charge is 2.22. The van der Waals surface area contributed by atoms with E-state index in [1.54, 1.807) is 0 Å². The zero-order valence-electron chi connectivity index (χ0n) is 20.5. The number of fused-ring (bicyclic) bond motifs is 2. The minimum atomic E-state index is 0.309. The zero-order valence-corrected chi connectivity index (χ0v) is 20.5. The Labute approximate surface area is 207 Å². The molecule has 1 aliphatic carbocycles. The van der Waals surface area contributed by atoms with Crippen LogP contribution in [-0.4, -0.2) is 52.5 Å². The number of rotatable bonds is 6. The number of nitrogens with zero attached hydrogens (tertiary/aromatic N) is 5. The fourth-order valence-electron chi connectivity index (χ4n) is 5.44. The number of aryl methyl sites for hydroxylation is 1. The van der Waals surface area contributed by atoms with Gasteiger partial charge in [-0.05, 0) is 55.6 Å². The van der Waals surface area contributed by atoms with E-state index in [1.807, 2.05) is 0 Å². The van der Waals surface area contributed by atoms with E-state index < -0.39 is 0 Å². The van der Waals surface area contributed by atoms with Gasteiger partial charge in [0.25, 0.3) is 0 Å². The second-order valence-corrected chi connectivity index (χ2v) is 9.97. The van der Waals surface area contributed by atoms with Gasteiger partial charge in [-0.1, -0.05) is 42.5 Å². The van der Waals surface area contributed by atoms with E-state index in [9.17, 15) is 0 Å². The number of aromatic nitrogens is 3. The molecule has 6 rings (SSSR count). The summed E-state index contributed by atoms with van der Waals surface area (Å²) in [6.07, 6.45) is 6.42. The molecule has 1 fully saturated rings. The van der Waals surface area contributed by atoms with Crippen molar-refractivity contribution < 1.29 is 0 Å². The third-order valence-corrected chi connectivity index (χ3v) is 7.44. The van der Waals surface area contributed by atoms with Crippen molar-refractivity contribution in [2.45, 2.75) is 38.3 Å². The van der Waals surface area contributed by atoms with Crippen LogP contribution in [0.1, 0.15) is 47.1 Å². The molecule has 0 amide bonds. The van der Waals surface area contributed by atoms with Gasteiger partial charge in [0.1, 0.15) is 11.5 Å². The number of hydrogen-bond acceptors (Lipinski definition) is 5. The average Bonchev–Trinajstić information content (AvgIpc) is 3.31. The van der Waals surface area contributed by atoms with Crippen molar-refractivity contribution in [3.8, 4) is 0 Å². The molecule has 1 saturated heterocycles. The van der Waals surface area contributed by atoms with E-state index in [2.05, 4.69) is 93.4 Å². The molecule has 2 aliphatic rings. The summed E-state index contributed by atoms with van der Waals surface area (Å²) in [7, 11) is 2.20. The fourth-order valence-corrected chi connectivity index (χ4v) is 5.44. The topological polar surface area (TPSA) is 48.7 Å². The third-order valence-electron chi connectivity index (χ3n) is 7.44. The van der Waals surface area contributed by atoms with E-state index in [1.165, 1.54) is 29.1 Å². The summed E-state index contributed by atoms with van der Waals surface area (Å²) < 4.78 is 2.25. The highest BCUT2D eigenvalue weighted by atomic mass is 15.3. The fraction of sp³-hybridized carbons (Fsp3) is 0.379. The van der Waals surface area contributed by atoms with Gasteiger partial charge in [-0.15, -0.1) is 0 Å². The lowest BCUT2D eigenvalue weighted by Gasteiger charge is -2.34. The first kappa shape index (κ1) is 22.3. The lowest BCUT2D eigenvalue weighted by Crippen LogP contribution is -2.45. The summed E-state index contributed by atoms with van der Waals surface area (Å²) in [6.45, 7) is 5.16. The van der Waals surface area contributed by atoms with Crippen LogP contribution < -0.4 is 10.2 Å². The Kier molecular flexibility index (Phi) is 6.23. The highest BCUT2D eigenvalue weighted by Crippen LogP contribution is 2.29. The largest absolute Gasteiger partial charge is 0.355 e. The Morgan fingerprint density at radius 1 is 0.886 bits per heavy atom. The van der Waals surface area contributed by atoms with Crippen LogP contribution in [-0.2, 0) is 19.4 Å². The van der Waals surface area contributed by atoms with E-state index in [0.717, 1.165) is 69.0 Å². The number of hydrogen-bond donors (Lipinski definition) is 1. The summed E-state index contributed by atoms with van der Waals surface area (Å²) >= 11 is 0. The molecular weight excluding hydrogens is 432 g/mol. The monoisotopic (exact) mass is 466 g/mol. The zero-order chi connectivity index (χ0) is 23.6. The first-order valence-corrected chi connectivity index (χ1v) is 12.9. The maximum absolute atomic E-state index is 5.17. The molecule has 4 heterocycles. The van der Waals surface area contributed by atoms with E-state index in [-0.39, 0.29) is 0 Å². The summed E-state index contributed by atoms with van der Waals surface area (Å²) in [5.74, 6) is 1.23. The van der Waals surface area contributed by atoms with E-state index >= 15 is 0 Å². The maximum atomic E-state index is 5.17. The Hall–Kier alpha value is -3.22. The van der Waals surface area contributed by atoms with Crippen molar-refractivity contribution in [2.24, 2.45) is 0 Å². The quantitative estimate of drug-likeness (QED) is 0.461. The van der Waals surface area contributed by atoms with Crippen LogP contribution >= 0.6 is 0 Å². The van der Waals surface area contributed by atoms with Crippen LogP contribution in [0.3, 0.4) is 0 Å². The van der Waals surface area contributed by atoms with Crippen molar-refractivity contribution in [3.05, 3.63) is 95.1 Å². The van der Waals surface area contributed by atoms with Gasteiger partial charge in [0.2, 0.25) is 0 Å². The molecule has 3 aromatic heterocycles. The standard InChI is InChI=1S/C29H34N6/c1-33-15-17-34(18-16-33)28-12-6-11-27-31-25(21-35(27)28)19-24-14-13-23-9-5-10-26(29(23)32-24)30-20-22-7-3-2-4-8-22/h2-4,6-8,11-14,21,26,30H,5,9-10,15-20H2,1H3. The maximum Gasteiger partial charge on any atom is 0.138 e. The molecule has 0 radical (unpaired) electrons. The minimum absolute atomic E-state index is 0.309. The van der Waals surface area contributed by atoms with Crippen LogP contribution in [0.4, 0.5) is 5.82 Å². The van der Waals surface area contributed by atoms with Crippen molar-refractivity contribution in [3.63, 3.8) is 0 Å². The highest BCUT2D eigenvalue weighted by molar-refractivity contribution is 5.53. The number of likely N-dealkylation sites (N-methyl/N-ethyl adjacent to an activating group) is 1. The number of imidazole rings is 1. The van der Waals surface area contributed by atoms with Crippen LogP contribution in [0.2, 0.25) is 0 Å². The second-order valence-electron chi connectivity index (χ2n) is 9.97. The predicted octanol–water partition coefficient (Wildman–Crippen LogP) is 4.24. The Morgan fingerprint density at radius 2 is 1.74 bits per heavy atom. The van der Waals surface area contributed by atoms with Gasteiger partial charge in [-0.3, -0.25) is 9.38 Å². The molecule has 35 heavy (non-hydrogen) atoms. The first-order valence-electron chi connectivity index (χ1n) is 12.9. The van der Waals surface area contributed by atoms with Crippen LogP contribution in [0.15, 0.2) is 66.9 Å². The second kappa shape index (κ2) is 9.80. The molecular formula is C29H34N6. The van der Waals surface area contributed by atoms with Gasteiger partial charge >= 0.3 is 0 Å². The van der Waals surface area contributed by atoms with Gasteiger partial charge in [0.15, 0.2) is 0 Å². The molecule has 0 bridgehead atoms. The number of anilines is 1. The van der Waals surface area contributed by atoms with Gasteiger partial charge in [-0.25, -0.2) is 4.98 Å². The van der Waals surface area contributed by atoms with Crippen molar-refractivity contribution in [1.29, 1.82) is 0 Å². The molecule has 4 aromatic rings. The van der Waals surface area contributed by atoms with E-state index in [0.29, 0.717) is 6.04 Å². The van der Waals surface area contributed by atoms with Gasteiger partial charge in [0, 0.05) is 51.0 Å². The minimum Gasteiger partial charge on any atom is -0.355 e. The molecule has 6 heteroatoms. The average molecular weight is 467 g/mol. The summed E-state index contributed by atoms with van der Waals surface area (Å²) in [4.78, 5) is 15.0. The lowest BCUT2D eigenvalue weighted by molar-refractivity contribution is 0.312. The SMILES string of the molecule is CN1CCN(c2cccc3nc(Cc4ccc5c(n4)C(NCc4ccccc4)CCC5)cn23)CC1. The molecule has 180 valence electrons. The number of piperazine rings is 1. The van der Waals surface area contributed by atoms with Gasteiger partial charge < -0.3 is 15.1 Å². The molecule has 6 nitrogen and oxygen atoms in total. The number of benzene rings is 1. The van der Waals surface area contributed by atoms with Crippen molar-refractivity contribution in [1.82, 2.24) is 24.6 Å². The number of nitrogens with one attached hydrogen (secondary N) is 1. The van der Waals surface area contributed by atoms with E-state index in [4.69, 9.17) is 9.97 Å². The molecule has 1 aliphatic heterocycles. The summed E-state index contributed by atoms with van der Waals surface area (Å²) in [5.41, 5.74) is 7.11. The Morgan fingerprint density at radius 3 is 2.60 bits per heavy atom. The van der Waals surface area contributed by atoms with Crippen LogP contribution in [0.25, 0.3) is 5.65 Å². The van der Waals surface area contributed by atoms with Crippen LogP contribution in [0.5, 0.6) is 0 Å². The molecule has 1 N–H and O–H groups in total. The molecule has 0 spiro atoms.